The number of hydrogen-bond donors (Lipinski definition) is 1. The maximum absolute atomic E-state index is 12.3. The van der Waals surface area contributed by atoms with E-state index in [1.54, 1.807) is 6.26 Å². The normalized spacial score (nSPS) is 13.5. The largest absolute Gasteiger partial charge is 0.494 e. The van der Waals surface area contributed by atoms with Crippen molar-refractivity contribution in [1.29, 1.82) is 0 Å². The van der Waals surface area contributed by atoms with Gasteiger partial charge in [-0.1, -0.05) is 11.8 Å². The second-order valence-electron chi connectivity index (χ2n) is 6.57. The van der Waals surface area contributed by atoms with Crippen LogP contribution in [-0.4, -0.2) is 33.0 Å². The topological polar surface area (TPSA) is 82.2 Å². The van der Waals surface area contributed by atoms with Gasteiger partial charge in [0.05, 0.1) is 25.2 Å². The highest BCUT2D eigenvalue weighted by atomic mass is 32.2. The van der Waals surface area contributed by atoms with Crippen molar-refractivity contribution in [3.8, 4) is 5.75 Å². The summed E-state index contributed by atoms with van der Waals surface area (Å²) in [5.41, 5.74) is 0.741. The predicted octanol–water partition coefficient (Wildman–Crippen LogP) is 3.93. The first-order valence-corrected chi connectivity index (χ1v) is 10.3. The third-order valence-corrected chi connectivity index (χ3v) is 5.33. The molecule has 2 heterocycles. The van der Waals surface area contributed by atoms with Crippen LogP contribution in [0.5, 0.6) is 5.75 Å². The highest BCUT2D eigenvalue weighted by Crippen LogP contribution is 2.40. The lowest BCUT2D eigenvalue weighted by Crippen LogP contribution is -2.15. The SMILES string of the molecule is CCOc1ccc(NC(=O)CSc2nnc(C3CC3)n2Cc2ccco2)cc1. The molecule has 8 heteroatoms. The first-order valence-electron chi connectivity index (χ1n) is 9.34. The Morgan fingerprint density at radius 1 is 1.29 bits per heavy atom. The van der Waals surface area contributed by atoms with E-state index in [1.807, 2.05) is 43.3 Å². The number of benzene rings is 1. The van der Waals surface area contributed by atoms with Crippen molar-refractivity contribution >= 4 is 23.4 Å². The summed E-state index contributed by atoms with van der Waals surface area (Å²) in [6.45, 7) is 3.13. The van der Waals surface area contributed by atoms with Crippen LogP contribution in [0.15, 0.2) is 52.2 Å². The van der Waals surface area contributed by atoms with E-state index in [9.17, 15) is 4.79 Å². The van der Waals surface area contributed by atoms with Gasteiger partial charge in [-0.15, -0.1) is 10.2 Å². The Labute approximate surface area is 167 Å². The van der Waals surface area contributed by atoms with Gasteiger partial charge in [-0.25, -0.2) is 0 Å². The molecule has 7 nitrogen and oxygen atoms in total. The van der Waals surface area contributed by atoms with Crippen LogP contribution in [0, 0.1) is 0 Å². The molecule has 1 amide bonds. The molecule has 1 N–H and O–H groups in total. The highest BCUT2D eigenvalue weighted by Gasteiger charge is 2.30. The van der Waals surface area contributed by atoms with E-state index in [1.165, 1.54) is 11.8 Å². The van der Waals surface area contributed by atoms with Gasteiger partial charge in [-0.3, -0.25) is 9.36 Å². The standard InChI is InChI=1S/C20H22N4O3S/c1-2-26-16-9-7-15(8-10-16)21-18(25)13-28-20-23-22-19(14-5-6-14)24(20)12-17-4-3-11-27-17/h3-4,7-11,14H,2,5-6,12-13H2,1H3,(H,21,25). The number of furan rings is 1. The van der Waals surface area contributed by atoms with E-state index in [2.05, 4.69) is 20.1 Å². The summed E-state index contributed by atoms with van der Waals surface area (Å²) in [7, 11) is 0. The van der Waals surface area contributed by atoms with Crippen molar-refractivity contribution in [2.24, 2.45) is 0 Å². The van der Waals surface area contributed by atoms with Gasteiger partial charge in [-0.05, 0) is 56.2 Å². The number of carbonyl (C=O) groups excluding carboxylic acids is 1. The number of anilines is 1. The molecule has 0 radical (unpaired) electrons. The molecule has 146 valence electrons. The van der Waals surface area contributed by atoms with E-state index >= 15 is 0 Å². The molecule has 0 spiro atoms. The number of nitrogens with one attached hydrogen (secondary N) is 1. The zero-order valence-corrected chi connectivity index (χ0v) is 16.4. The van der Waals surface area contributed by atoms with Crippen molar-refractivity contribution in [2.45, 2.75) is 37.4 Å². The minimum absolute atomic E-state index is 0.0883. The van der Waals surface area contributed by atoms with Crippen LogP contribution in [-0.2, 0) is 11.3 Å². The summed E-state index contributed by atoms with van der Waals surface area (Å²) in [6, 6.07) is 11.1. The van der Waals surface area contributed by atoms with Crippen LogP contribution in [0.25, 0.3) is 0 Å². The van der Waals surface area contributed by atoms with Gasteiger partial charge in [0.25, 0.3) is 0 Å². The average molecular weight is 398 g/mol. The van der Waals surface area contributed by atoms with Crippen LogP contribution >= 0.6 is 11.8 Å². The number of thioether (sulfide) groups is 1. The Morgan fingerprint density at radius 3 is 2.79 bits per heavy atom. The summed E-state index contributed by atoms with van der Waals surface area (Å²) in [4.78, 5) is 12.3. The first-order chi connectivity index (χ1) is 13.7. The lowest BCUT2D eigenvalue weighted by Gasteiger charge is -2.09. The molecule has 0 bridgehead atoms. The first kappa shape index (κ1) is 18.6. The summed E-state index contributed by atoms with van der Waals surface area (Å²) >= 11 is 1.38. The number of nitrogens with zero attached hydrogens (tertiary/aromatic N) is 3. The predicted molar refractivity (Wildman–Crippen MR) is 107 cm³/mol. The van der Waals surface area contributed by atoms with E-state index in [0.29, 0.717) is 19.1 Å². The smallest absolute Gasteiger partial charge is 0.234 e. The van der Waals surface area contributed by atoms with Crippen molar-refractivity contribution in [3.05, 3.63) is 54.2 Å². The lowest BCUT2D eigenvalue weighted by molar-refractivity contribution is -0.113. The molecule has 28 heavy (non-hydrogen) atoms. The van der Waals surface area contributed by atoms with Gasteiger partial charge in [0, 0.05) is 11.6 Å². The molecule has 0 unspecified atom stereocenters. The minimum Gasteiger partial charge on any atom is -0.494 e. The minimum atomic E-state index is -0.0883. The molecule has 1 aliphatic rings. The van der Waals surface area contributed by atoms with Gasteiger partial charge < -0.3 is 14.5 Å². The Kier molecular flexibility index (Phi) is 5.66. The average Bonchev–Trinajstić information content (AvgIpc) is 3.26. The number of hydrogen-bond acceptors (Lipinski definition) is 6. The number of rotatable bonds is 9. The molecule has 1 saturated carbocycles. The molecular formula is C20H22N4O3S. The highest BCUT2D eigenvalue weighted by molar-refractivity contribution is 7.99. The Balaban J connectivity index is 1.38. The zero-order valence-electron chi connectivity index (χ0n) is 15.6. The van der Waals surface area contributed by atoms with Crippen molar-refractivity contribution in [3.63, 3.8) is 0 Å². The fourth-order valence-corrected chi connectivity index (χ4v) is 3.63. The second kappa shape index (κ2) is 8.52. The molecule has 1 aliphatic carbocycles. The van der Waals surface area contributed by atoms with Gasteiger partial charge >= 0.3 is 0 Å². The number of ether oxygens (including phenoxy) is 1. The fraction of sp³-hybridized carbons (Fsp3) is 0.350. The van der Waals surface area contributed by atoms with Gasteiger partial charge in [0.2, 0.25) is 5.91 Å². The van der Waals surface area contributed by atoms with Crippen molar-refractivity contribution in [2.75, 3.05) is 17.7 Å². The number of amides is 1. The van der Waals surface area contributed by atoms with Gasteiger partial charge in [0.1, 0.15) is 17.3 Å². The van der Waals surface area contributed by atoms with E-state index in [4.69, 9.17) is 9.15 Å². The number of aromatic nitrogens is 3. The van der Waals surface area contributed by atoms with Crippen LogP contribution < -0.4 is 10.1 Å². The molecule has 0 atom stereocenters. The maximum Gasteiger partial charge on any atom is 0.234 e. The lowest BCUT2D eigenvalue weighted by atomic mass is 10.3. The monoisotopic (exact) mass is 398 g/mol. The van der Waals surface area contributed by atoms with Crippen molar-refractivity contribution < 1.29 is 13.9 Å². The molecule has 3 aromatic rings. The maximum atomic E-state index is 12.3. The summed E-state index contributed by atoms with van der Waals surface area (Å²) in [5.74, 6) is 3.25. The Morgan fingerprint density at radius 2 is 2.11 bits per heavy atom. The molecular weight excluding hydrogens is 376 g/mol. The summed E-state index contributed by atoms with van der Waals surface area (Å²) in [6.07, 6.45) is 3.94. The van der Waals surface area contributed by atoms with E-state index in [-0.39, 0.29) is 11.7 Å². The fourth-order valence-electron chi connectivity index (χ4n) is 2.89. The zero-order chi connectivity index (χ0) is 19.3. The van der Waals surface area contributed by atoms with Crippen molar-refractivity contribution in [1.82, 2.24) is 14.8 Å². The van der Waals surface area contributed by atoms with Gasteiger partial charge in [0.15, 0.2) is 5.16 Å². The number of carbonyl (C=O) groups is 1. The molecule has 4 rings (SSSR count). The van der Waals surface area contributed by atoms with E-state index < -0.39 is 0 Å². The third kappa shape index (κ3) is 4.56. The van der Waals surface area contributed by atoms with Crippen LogP contribution in [0.2, 0.25) is 0 Å². The molecule has 1 aromatic carbocycles. The Bertz CT molecular complexity index is 918. The quantitative estimate of drug-likeness (QED) is 0.550. The third-order valence-electron chi connectivity index (χ3n) is 4.36. The van der Waals surface area contributed by atoms with E-state index in [0.717, 1.165) is 41.0 Å². The summed E-state index contributed by atoms with van der Waals surface area (Å²) < 4.78 is 12.9. The van der Waals surface area contributed by atoms with Crippen LogP contribution in [0.3, 0.4) is 0 Å². The summed E-state index contributed by atoms with van der Waals surface area (Å²) in [5, 5.41) is 12.3. The molecule has 0 saturated heterocycles. The Hall–Kier alpha value is -2.74. The molecule has 0 aliphatic heterocycles. The second-order valence-corrected chi connectivity index (χ2v) is 7.52. The molecule has 2 aromatic heterocycles. The van der Waals surface area contributed by atoms with Gasteiger partial charge in [-0.2, -0.15) is 0 Å². The van der Waals surface area contributed by atoms with Crippen LogP contribution in [0.4, 0.5) is 5.69 Å². The molecule has 1 fully saturated rings. The van der Waals surface area contributed by atoms with Crippen LogP contribution in [0.1, 0.15) is 37.3 Å².